The fourth-order valence-electron chi connectivity index (χ4n) is 3.41. The van der Waals surface area contributed by atoms with E-state index in [0.717, 1.165) is 43.7 Å². The van der Waals surface area contributed by atoms with Crippen LogP contribution in [0.25, 0.3) is 11.0 Å². The van der Waals surface area contributed by atoms with Crippen molar-refractivity contribution < 1.29 is 9.47 Å². The number of aromatic nitrogens is 6. The van der Waals surface area contributed by atoms with Crippen LogP contribution in [0.2, 0.25) is 20.9 Å². The van der Waals surface area contributed by atoms with Crippen molar-refractivity contribution in [3.8, 4) is 0 Å². The number of ether oxygens (including phenoxy) is 2. The van der Waals surface area contributed by atoms with Gasteiger partial charge in [-0.05, 0) is 61.4 Å². The first-order valence-electron chi connectivity index (χ1n) is 10.7. The Morgan fingerprint density at radius 2 is 1.74 bits per heavy atom. The lowest BCUT2D eigenvalue weighted by molar-refractivity contribution is -0.0370. The van der Waals surface area contributed by atoms with E-state index in [1.165, 1.54) is 12.8 Å². The van der Waals surface area contributed by atoms with Gasteiger partial charge in [0.15, 0.2) is 11.9 Å². The molecule has 0 N–H and O–H groups in total. The largest absolute Gasteiger partial charge is 0.502 e. The Labute approximate surface area is 216 Å². The predicted octanol–water partition coefficient (Wildman–Crippen LogP) is 5.86. The molecule has 1 fully saturated rings. The quantitative estimate of drug-likeness (QED) is 0.279. The van der Waals surface area contributed by atoms with Crippen LogP contribution in [0.15, 0.2) is 23.5 Å². The highest BCUT2D eigenvalue weighted by Crippen LogP contribution is 2.28. The average molecular weight is 545 g/mol. The summed E-state index contributed by atoms with van der Waals surface area (Å²) in [4.78, 5) is 19.8. The minimum Gasteiger partial charge on any atom is -0.502 e. The molecule has 0 spiro atoms. The molecule has 9 nitrogen and oxygen atoms in total. The fourth-order valence-corrected chi connectivity index (χ4v) is 4.30. The van der Waals surface area contributed by atoms with Gasteiger partial charge in [-0.3, -0.25) is 4.99 Å². The maximum Gasteiger partial charge on any atom is 0.225 e. The Kier molecular flexibility index (Phi) is 8.91. The maximum atomic E-state index is 5.98. The van der Waals surface area contributed by atoms with E-state index in [-0.39, 0.29) is 16.8 Å². The molecule has 13 heteroatoms. The summed E-state index contributed by atoms with van der Waals surface area (Å²) in [5.41, 5.74) is 2.22. The van der Waals surface area contributed by atoms with Crippen molar-refractivity contribution >= 4 is 63.7 Å². The zero-order valence-electron chi connectivity index (χ0n) is 18.0. The van der Waals surface area contributed by atoms with Crippen LogP contribution in [0.1, 0.15) is 49.6 Å². The van der Waals surface area contributed by atoms with Gasteiger partial charge < -0.3 is 9.47 Å². The van der Waals surface area contributed by atoms with Crippen molar-refractivity contribution in [2.45, 2.75) is 44.9 Å². The summed E-state index contributed by atoms with van der Waals surface area (Å²) in [7, 11) is 0. The molecule has 180 valence electrons. The lowest BCUT2D eigenvalue weighted by Gasteiger charge is -2.22. The van der Waals surface area contributed by atoms with Gasteiger partial charge in [-0.2, -0.15) is 10.1 Å². The molecular weight excluding hydrogens is 524 g/mol. The van der Waals surface area contributed by atoms with E-state index < -0.39 is 0 Å². The van der Waals surface area contributed by atoms with Crippen molar-refractivity contribution in [3.05, 3.63) is 50.7 Å². The molecule has 3 aromatic heterocycles. The first-order valence-corrected chi connectivity index (χ1v) is 12.2. The van der Waals surface area contributed by atoms with Gasteiger partial charge in [0.25, 0.3) is 0 Å². The molecule has 0 radical (unpaired) electrons. The molecule has 0 aliphatic carbocycles. The van der Waals surface area contributed by atoms with E-state index in [1.807, 2.05) is 6.08 Å². The SMILES string of the molecule is C1=COCCC1.Clc1nc(Cl)c2c(n1)CN=C2.Clc1nc(Cl)c2cnn(C3CCCCO3)c2n1. The summed E-state index contributed by atoms with van der Waals surface area (Å²) in [5, 5.41) is 5.97. The topological polar surface area (TPSA) is 100 Å². The van der Waals surface area contributed by atoms with E-state index in [1.54, 1.807) is 23.4 Å². The molecule has 3 aliphatic heterocycles. The Balaban J connectivity index is 0.000000137. The summed E-state index contributed by atoms with van der Waals surface area (Å²) in [6.45, 7) is 2.21. The van der Waals surface area contributed by atoms with E-state index in [4.69, 9.17) is 55.9 Å². The molecule has 0 saturated carbocycles. The third-order valence-corrected chi connectivity index (χ3v) is 5.96. The molecule has 3 aliphatic rings. The van der Waals surface area contributed by atoms with Gasteiger partial charge in [0.05, 0.1) is 42.3 Å². The second-order valence-electron chi connectivity index (χ2n) is 7.43. The number of fused-ring (bicyclic) bond motifs is 2. The first-order chi connectivity index (χ1) is 16.5. The third-order valence-electron chi connectivity index (χ3n) is 5.05. The molecule has 3 aromatic rings. The van der Waals surface area contributed by atoms with Crippen LogP contribution in [0, 0.1) is 0 Å². The number of hydrogen-bond acceptors (Lipinski definition) is 8. The van der Waals surface area contributed by atoms with Crippen LogP contribution in [-0.4, -0.2) is 49.1 Å². The molecule has 6 rings (SSSR count). The van der Waals surface area contributed by atoms with Crippen molar-refractivity contribution in [1.82, 2.24) is 29.7 Å². The van der Waals surface area contributed by atoms with Gasteiger partial charge in [-0.25, -0.2) is 19.6 Å². The first kappa shape index (κ1) is 25.1. The lowest BCUT2D eigenvalue weighted by Crippen LogP contribution is -2.19. The van der Waals surface area contributed by atoms with Gasteiger partial charge in [0.2, 0.25) is 10.6 Å². The number of halogens is 4. The van der Waals surface area contributed by atoms with Gasteiger partial charge in [0.1, 0.15) is 10.3 Å². The van der Waals surface area contributed by atoms with Gasteiger partial charge in [0, 0.05) is 12.8 Å². The minimum atomic E-state index is -0.0803. The lowest BCUT2D eigenvalue weighted by atomic mass is 10.2. The zero-order chi connectivity index (χ0) is 23.9. The molecule has 0 aromatic carbocycles. The van der Waals surface area contributed by atoms with E-state index in [0.29, 0.717) is 27.9 Å². The number of nitrogens with zero attached hydrogens (tertiary/aromatic N) is 7. The Morgan fingerprint density at radius 1 is 0.912 bits per heavy atom. The number of hydrogen-bond donors (Lipinski definition) is 0. The maximum absolute atomic E-state index is 5.98. The summed E-state index contributed by atoms with van der Waals surface area (Å²) in [5.74, 6) is 0. The van der Waals surface area contributed by atoms with Gasteiger partial charge in [-0.1, -0.05) is 23.2 Å². The van der Waals surface area contributed by atoms with E-state index >= 15 is 0 Å². The van der Waals surface area contributed by atoms with Crippen LogP contribution >= 0.6 is 46.4 Å². The minimum absolute atomic E-state index is 0.0803. The Hall–Kier alpha value is -2.04. The molecule has 1 saturated heterocycles. The van der Waals surface area contributed by atoms with Gasteiger partial charge in [-0.15, -0.1) is 0 Å². The fraction of sp³-hybridized carbons (Fsp3) is 0.429. The summed E-state index contributed by atoms with van der Waals surface area (Å²) >= 11 is 23.1. The zero-order valence-corrected chi connectivity index (χ0v) is 21.0. The average Bonchev–Trinajstić information content (AvgIpc) is 3.49. The number of aliphatic imine (C=N–C) groups is 1. The summed E-state index contributed by atoms with van der Waals surface area (Å²) < 4.78 is 12.3. The summed E-state index contributed by atoms with van der Waals surface area (Å²) in [6.07, 6.45) is 12.6. The molecule has 6 heterocycles. The van der Waals surface area contributed by atoms with Crippen molar-refractivity contribution in [2.24, 2.45) is 4.99 Å². The van der Waals surface area contributed by atoms with Crippen molar-refractivity contribution in [1.29, 1.82) is 0 Å². The van der Waals surface area contributed by atoms with Crippen LogP contribution in [0.4, 0.5) is 0 Å². The molecule has 1 atom stereocenters. The normalized spacial score (nSPS) is 18.4. The molecule has 34 heavy (non-hydrogen) atoms. The standard InChI is InChI=1S/C10H10Cl2N4O.C6H3Cl2N3.C5H8O/c11-8-6-5-13-16(7-3-1-2-4-17-7)9(6)15-10(12)14-8;7-5-3-1-9-2-4(3)10-6(8)11-5;1-2-4-6-5-3-1/h5,7H,1-4H2;1H,2H2;2,4H,1,3,5H2. The predicted molar refractivity (Wildman–Crippen MR) is 132 cm³/mol. The molecule has 1 unspecified atom stereocenters. The van der Waals surface area contributed by atoms with Crippen LogP contribution in [0.3, 0.4) is 0 Å². The monoisotopic (exact) mass is 543 g/mol. The Morgan fingerprint density at radius 3 is 2.41 bits per heavy atom. The number of rotatable bonds is 1. The highest BCUT2D eigenvalue weighted by Gasteiger charge is 2.21. The smallest absolute Gasteiger partial charge is 0.225 e. The molecule has 0 amide bonds. The second kappa shape index (κ2) is 12.1. The van der Waals surface area contributed by atoms with E-state index in [9.17, 15) is 0 Å². The van der Waals surface area contributed by atoms with Crippen molar-refractivity contribution in [3.63, 3.8) is 0 Å². The van der Waals surface area contributed by atoms with E-state index in [2.05, 4.69) is 30.0 Å². The molecular formula is C21H21Cl4N7O2. The highest BCUT2D eigenvalue weighted by atomic mass is 35.5. The highest BCUT2D eigenvalue weighted by molar-refractivity contribution is 6.35. The number of allylic oxidation sites excluding steroid dienone is 1. The van der Waals surface area contributed by atoms with Gasteiger partial charge >= 0.3 is 0 Å². The summed E-state index contributed by atoms with van der Waals surface area (Å²) in [6, 6.07) is 0. The van der Waals surface area contributed by atoms with Crippen LogP contribution < -0.4 is 0 Å². The molecule has 0 bridgehead atoms. The Bertz CT molecular complexity index is 1190. The van der Waals surface area contributed by atoms with Crippen LogP contribution in [0.5, 0.6) is 0 Å². The van der Waals surface area contributed by atoms with Crippen LogP contribution in [-0.2, 0) is 16.0 Å². The third kappa shape index (κ3) is 6.34. The second-order valence-corrected chi connectivity index (χ2v) is 8.82. The van der Waals surface area contributed by atoms with Crippen molar-refractivity contribution in [2.75, 3.05) is 13.2 Å².